The van der Waals surface area contributed by atoms with Crippen molar-refractivity contribution in [3.05, 3.63) is 95.1 Å². The van der Waals surface area contributed by atoms with Gasteiger partial charge in [-0.25, -0.2) is 0 Å². The minimum atomic E-state index is -0.455. The van der Waals surface area contributed by atoms with Crippen molar-refractivity contribution in [2.45, 2.75) is 57.0 Å². The van der Waals surface area contributed by atoms with Crippen LogP contribution in [0.4, 0.5) is 28.4 Å². The zero-order valence-electron chi connectivity index (χ0n) is 31.2. The normalized spacial score (nSPS) is 17.1. The molecule has 2 atom stereocenters. The van der Waals surface area contributed by atoms with E-state index in [1.807, 2.05) is 41.4 Å². The number of fused-ring (bicyclic) bond motifs is 8. The zero-order valence-corrected chi connectivity index (χ0v) is 31.2. The molecule has 0 fully saturated rings. The molecule has 4 aromatic carbocycles. The van der Waals surface area contributed by atoms with Crippen LogP contribution in [0.25, 0.3) is 0 Å². The Labute approximate surface area is 323 Å². The summed E-state index contributed by atoms with van der Waals surface area (Å²) in [7, 11) is 2.85. The van der Waals surface area contributed by atoms with E-state index in [9.17, 15) is 19.2 Å². The van der Waals surface area contributed by atoms with Gasteiger partial charge in [-0.2, -0.15) is 0 Å². The van der Waals surface area contributed by atoms with Gasteiger partial charge in [0, 0.05) is 55.2 Å². The van der Waals surface area contributed by atoms with Gasteiger partial charge in [0.2, 0.25) is 5.91 Å². The van der Waals surface area contributed by atoms with Crippen molar-refractivity contribution >= 4 is 64.6 Å². The van der Waals surface area contributed by atoms with Crippen LogP contribution >= 0.6 is 0 Å². The molecular weight excluding hydrogens is 714 g/mol. The summed E-state index contributed by atoms with van der Waals surface area (Å²) in [5.41, 5.74) is 6.32. The molecule has 286 valence electrons. The van der Waals surface area contributed by atoms with Crippen molar-refractivity contribution in [2.24, 2.45) is 9.98 Å². The first-order valence-corrected chi connectivity index (χ1v) is 18.8. The summed E-state index contributed by atoms with van der Waals surface area (Å²) in [5.74, 6) is 0.588. The third-order valence-electron chi connectivity index (χ3n) is 10.4. The first kappa shape index (κ1) is 36.5. The van der Waals surface area contributed by atoms with Crippen LogP contribution in [-0.4, -0.2) is 75.6 Å². The molecule has 0 bridgehead atoms. The molecule has 56 heavy (non-hydrogen) atoms. The number of aliphatic imine (C=N–C) groups is 2. The van der Waals surface area contributed by atoms with E-state index in [1.165, 1.54) is 7.11 Å². The van der Waals surface area contributed by atoms with Crippen molar-refractivity contribution in [2.75, 3.05) is 42.5 Å². The Hall–Kier alpha value is -6.50. The van der Waals surface area contributed by atoms with Gasteiger partial charge >= 0.3 is 5.97 Å². The molecule has 8 rings (SSSR count). The summed E-state index contributed by atoms with van der Waals surface area (Å²) in [4.78, 5) is 64.2. The lowest BCUT2D eigenvalue weighted by Crippen LogP contribution is -2.37. The molecule has 13 nitrogen and oxygen atoms in total. The molecule has 0 saturated carbocycles. The average Bonchev–Trinajstić information content (AvgIpc) is 3.69. The number of unbranched alkanes of at least 4 members (excludes halogenated alkanes) is 2. The summed E-state index contributed by atoms with van der Waals surface area (Å²) in [6.45, 7) is 0.932. The van der Waals surface area contributed by atoms with Crippen LogP contribution in [0.15, 0.2) is 82.8 Å². The fourth-order valence-electron chi connectivity index (χ4n) is 7.58. The first-order valence-electron chi connectivity index (χ1n) is 18.8. The van der Waals surface area contributed by atoms with E-state index in [1.54, 1.807) is 60.7 Å². The number of nitrogens with zero attached hydrogens (tertiary/aromatic N) is 4. The Morgan fingerprint density at radius 3 is 2.18 bits per heavy atom. The fourth-order valence-corrected chi connectivity index (χ4v) is 7.58. The summed E-state index contributed by atoms with van der Waals surface area (Å²) < 4.78 is 22.4. The number of methoxy groups -OCH3 is 2. The van der Waals surface area contributed by atoms with Gasteiger partial charge in [0.25, 0.3) is 11.8 Å². The highest BCUT2D eigenvalue weighted by molar-refractivity contribution is 6.16. The van der Waals surface area contributed by atoms with Crippen LogP contribution < -0.4 is 29.3 Å². The van der Waals surface area contributed by atoms with Crippen LogP contribution in [0, 0.1) is 0 Å². The second kappa shape index (κ2) is 15.7. The number of anilines is 3. The molecule has 4 aromatic rings. The Bertz CT molecular complexity index is 2290. The lowest BCUT2D eigenvalue weighted by atomic mass is 10.1. The summed E-state index contributed by atoms with van der Waals surface area (Å²) in [5, 5.41) is 2.81. The number of benzene rings is 4. The molecule has 1 N–H and O–H groups in total. The highest BCUT2D eigenvalue weighted by Crippen LogP contribution is 2.42. The third kappa shape index (κ3) is 7.19. The van der Waals surface area contributed by atoms with Crippen molar-refractivity contribution in [3.63, 3.8) is 0 Å². The second-order valence-electron chi connectivity index (χ2n) is 14.0. The minimum absolute atomic E-state index is 0.00335. The van der Waals surface area contributed by atoms with Crippen molar-refractivity contribution in [1.82, 2.24) is 0 Å². The van der Waals surface area contributed by atoms with Crippen LogP contribution in [0.3, 0.4) is 0 Å². The average molecular weight is 756 g/mol. The SMILES string of the molecule is COC(=O)CCC(=O)Nc1ccc2c(c1)N1C(=O)c3ccc(OCCCCCOc4cc5c(cc4OC)C(=O)N4c6ccccc6CC4C=N5)cc3N=CC1C2. The molecule has 0 radical (unpaired) electrons. The first-order chi connectivity index (χ1) is 27.3. The second-order valence-corrected chi connectivity index (χ2v) is 14.0. The van der Waals surface area contributed by atoms with E-state index in [4.69, 9.17) is 14.2 Å². The van der Waals surface area contributed by atoms with E-state index in [-0.39, 0.29) is 42.6 Å². The molecule has 4 heterocycles. The van der Waals surface area contributed by atoms with Gasteiger partial charge in [0.1, 0.15) is 5.75 Å². The maximum Gasteiger partial charge on any atom is 0.306 e. The van der Waals surface area contributed by atoms with Crippen LogP contribution in [-0.2, 0) is 27.2 Å². The number of hydrogen-bond donors (Lipinski definition) is 1. The number of para-hydroxylation sites is 1. The molecule has 0 aliphatic carbocycles. The number of carbonyl (C=O) groups excluding carboxylic acids is 4. The number of amides is 3. The maximum atomic E-state index is 13.8. The largest absolute Gasteiger partial charge is 0.494 e. The minimum Gasteiger partial charge on any atom is -0.494 e. The van der Waals surface area contributed by atoms with Gasteiger partial charge in [0.15, 0.2) is 11.5 Å². The highest BCUT2D eigenvalue weighted by Gasteiger charge is 2.38. The van der Waals surface area contributed by atoms with Crippen LogP contribution in [0.5, 0.6) is 17.2 Å². The van der Waals surface area contributed by atoms with E-state index in [0.717, 1.165) is 42.5 Å². The molecule has 3 amide bonds. The van der Waals surface area contributed by atoms with Gasteiger partial charge in [-0.3, -0.25) is 39.0 Å². The summed E-state index contributed by atoms with van der Waals surface area (Å²) in [6, 6.07) is 21.8. The zero-order chi connectivity index (χ0) is 38.8. The highest BCUT2D eigenvalue weighted by atomic mass is 16.5. The van der Waals surface area contributed by atoms with E-state index in [0.29, 0.717) is 70.8 Å². The summed E-state index contributed by atoms with van der Waals surface area (Å²) in [6.07, 6.45) is 7.36. The Morgan fingerprint density at radius 1 is 0.714 bits per heavy atom. The molecule has 0 saturated heterocycles. The predicted molar refractivity (Wildman–Crippen MR) is 212 cm³/mol. The van der Waals surface area contributed by atoms with Crippen LogP contribution in [0.2, 0.25) is 0 Å². The molecule has 4 aliphatic heterocycles. The quantitative estimate of drug-likeness (QED) is 0.116. The molecule has 13 heteroatoms. The fraction of sp³-hybridized carbons (Fsp3) is 0.302. The van der Waals surface area contributed by atoms with Gasteiger partial charge in [-0.1, -0.05) is 24.3 Å². The van der Waals surface area contributed by atoms with Crippen molar-refractivity contribution in [3.8, 4) is 17.2 Å². The van der Waals surface area contributed by atoms with Crippen molar-refractivity contribution < 1.29 is 38.1 Å². The van der Waals surface area contributed by atoms with Gasteiger partial charge in [-0.15, -0.1) is 0 Å². The molecule has 2 unspecified atom stereocenters. The van der Waals surface area contributed by atoms with Gasteiger partial charge in [-0.05, 0) is 66.8 Å². The molecule has 0 spiro atoms. The monoisotopic (exact) mass is 755 g/mol. The number of rotatable bonds is 13. The number of carbonyl (C=O) groups is 4. The number of hydrogen-bond acceptors (Lipinski definition) is 10. The van der Waals surface area contributed by atoms with Crippen LogP contribution in [0.1, 0.15) is 63.9 Å². The van der Waals surface area contributed by atoms with E-state index in [2.05, 4.69) is 20.0 Å². The Balaban J connectivity index is 0.829. The summed E-state index contributed by atoms with van der Waals surface area (Å²) >= 11 is 0. The smallest absolute Gasteiger partial charge is 0.306 e. The van der Waals surface area contributed by atoms with Gasteiger partial charge in [0.05, 0.1) is 74.1 Å². The number of esters is 1. The Morgan fingerprint density at radius 2 is 1.41 bits per heavy atom. The standard InChI is InChI=1S/C43H41N5O8/c1-53-38-22-33-35(45-24-29-18-26-8-4-5-9-36(26)47(29)43(33)52)23-39(38)56-17-7-3-6-16-55-31-12-13-32-34(21-31)44-25-30-19-27-10-11-28(20-37(27)48(30)42(32)51)46-40(49)14-15-41(50)54-2/h4-5,8-13,20-25,29-30H,3,6-7,14-19H2,1-2H3,(H,46,49). The van der Waals surface area contributed by atoms with Gasteiger partial charge < -0.3 is 24.3 Å². The molecule has 4 aliphatic rings. The molecule has 0 aromatic heterocycles. The maximum absolute atomic E-state index is 13.8. The Kier molecular flexibility index (Phi) is 10.2. The van der Waals surface area contributed by atoms with E-state index < -0.39 is 5.97 Å². The van der Waals surface area contributed by atoms with Crippen molar-refractivity contribution in [1.29, 1.82) is 0 Å². The topological polar surface area (TPSA) is 148 Å². The number of ether oxygens (including phenoxy) is 4. The molecular formula is C43H41N5O8. The third-order valence-corrected chi connectivity index (χ3v) is 10.4. The number of nitrogens with one attached hydrogen (secondary N) is 1. The lowest BCUT2D eigenvalue weighted by Gasteiger charge is -2.22. The van der Waals surface area contributed by atoms with E-state index >= 15 is 0 Å². The predicted octanol–water partition coefficient (Wildman–Crippen LogP) is 6.79. The lowest BCUT2D eigenvalue weighted by molar-refractivity contribution is -0.141.